The molecule has 0 saturated heterocycles. The highest BCUT2D eigenvalue weighted by Gasteiger charge is 2.09. The predicted molar refractivity (Wildman–Crippen MR) is 80.1 cm³/mol. The molecule has 0 radical (unpaired) electrons. The van der Waals surface area contributed by atoms with Crippen molar-refractivity contribution in [1.29, 1.82) is 0 Å². The van der Waals surface area contributed by atoms with Gasteiger partial charge in [0.05, 0.1) is 10.2 Å². The van der Waals surface area contributed by atoms with Gasteiger partial charge in [-0.25, -0.2) is 14.6 Å². The van der Waals surface area contributed by atoms with Crippen LogP contribution in [0.25, 0.3) is 10.2 Å². The van der Waals surface area contributed by atoms with Gasteiger partial charge < -0.3 is 5.32 Å². The summed E-state index contributed by atoms with van der Waals surface area (Å²) < 4.78 is 2.53. The van der Waals surface area contributed by atoms with Gasteiger partial charge in [0.25, 0.3) is 0 Å². The quantitative estimate of drug-likeness (QED) is 0.748. The van der Waals surface area contributed by atoms with Crippen molar-refractivity contribution in [1.82, 2.24) is 19.7 Å². The van der Waals surface area contributed by atoms with Crippen LogP contribution in [0.3, 0.4) is 0 Å². The highest BCUT2D eigenvalue weighted by Crippen LogP contribution is 2.29. The van der Waals surface area contributed by atoms with E-state index in [2.05, 4.69) is 26.4 Å². The van der Waals surface area contributed by atoms with Crippen LogP contribution in [0, 0.1) is 0 Å². The molecule has 3 rings (SSSR count). The highest BCUT2D eigenvalue weighted by atomic mass is 32.2. The van der Waals surface area contributed by atoms with Crippen LogP contribution in [0.2, 0.25) is 0 Å². The summed E-state index contributed by atoms with van der Waals surface area (Å²) in [5, 5.41) is 7.27. The molecule has 1 N–H and O–H groups in total. The monoisotopic (exact) mass is 305 g/mol. The SMILES string of the molecule is CSc1ccc2nc(NC(=O)Cn3cncn3)sc2c1. The fourth-order valence-electron chi connectivity index (χ4n) is 1.71. The Bertz CT molecular complexity index is 737. The van der Waals surface area contributed by atoms with Crippen LogP contribution in [-0.4, -0.2) is 31.9 Å². The Morgan fingerprint density at radius 3 is 3.15 bits per heavy atom. The molecule has 0 atom stereocenters. The van der Waals surface area contributed by atoms with Crippen molar-refractivity contribution in [2.75, 3.05) is 11.6 Å². The number of thioether (sulfide) groups is 1. The second-order valence-electron chi connectivity index (χ2n) is 3.99. The zero-order chi connectivity index (χ0) is 13.9. The Labute approximate surface area is 123 Å². The summed E-state index contributed by atoms with van der Waals surface area (Å²) in [5.41, 5.74) is 0.892. The van der Waals surface area contributed by atoms with Crippen LogP contribution < -0.4 is 5.32 Å². The van der Waals surface area contributed by atoms with Crippen molar-refractivity contribution in [3.8, 4) is 0 Å². The Morgan fingerprint density at radius 2 is 2.40 bits per heavy atom. The number of benzene rings is 1. The number of fused-ring (bicyclic) bond motifs is 1. The first-order valence-corrected chi connectivity index (χ1v) is 7.85. The van der Waals surface area contributed by atoms with Crippen molar-refractivity contribution in [2.45, 2.75) is 11.4 Å². The normalized spacial score (nSPS) is 10.8. The van der Waals surface area contributed by atoms with E-state index >= 15 is 0 Å². The van der Waals surface area contributed by atoms with Gasteiger partial charge >= 0.3 is 0 Å². The molecule has 8 heteroatoms. The van der Waals surface area contributed by atoms with E-state index in [1.165, 1.54) is 33.6 Å². The summed E-state index contributed by atoms with van der Waals surface area (Å²) in [6.07, 6.45) is 4.93. The Hall–Kier alpha value is -1.93. The molecule has 0 bridgehead atoms. The molecule has 0 aliphatic carbocycles. The van der Waals surface area contributed by atoms with Gasteiger partial charge in [-0.3, -0.25) is 4.79 Å². The smallest absolute Gasteiger partial charge is 0.247 e. The van der Waals surface area contributed by atoms with Crippen molar-refractivity contribution >= 4 is 44.4 Å². The minimum absolute atomic E-state index is 0.131. The fourth-order valence-corrected chi connectivity index (χ4v) is 3.14. The summed E-state index contributed by atoms with van der Waals surface area (Å²) in [7, 11) is 0. The fraction of sp³-hybridized carbons (Fsp3) is 0.167. The molecule has 2 heterocycles. The average molecular weight is 305 g/mol. The van der Waals surface area contributed by atoms with Crippen molar-refractivity contribution < 1.29 is 4.79 Å². The Balaban J connectivity index is 1.75. The van der Waals surface area contributed by atoms with Crippen LogP contribution in [0.4, 0.5) is 5.13 Å². The first kappa shape index (κ1) is 13.1. The first-order chi connectivity index (χ1) is 9.74. The number of nitrogens with zero attached hydrogens (tertiary/aromatic N) is 4. The van der Waals surface area contributed by atoms with Crippen LogP contribution in [0.15, 0.2) is 35.7 Å². The Morgan fingerprint density at radius 1 is 1.50 bits per heavy atom. The maximum Gasteiger partial charge on any atom is 0.247 e. The van der Waals surface area contributed by atoms with Gasteiger partial charge in [0, 0.05) is 4.90 Å². The highest BCUT2D eigenvalue weighted by molar-refractivity contribution is 7.98. The molecule has 3 aromatic rings. The number of carbonyl (C=O) groups excluding carboxylic acids is 1. The average Bonchev–Trinajstić information content (AvgIpc) is 3.06. The largest absolute Gasteiger partial charge is 0.300 e. The zero-order valence-corrected chi connectivity index (χ0v) is 12.2. The third kappa shape index (κ3) is 2.81. The van der Waals surface area contributed by atoms with Gasteiger partial charge in [-0.05, 0) is 24.5 Å². The van der Waals surface area contributed by atoms with Crippen LogP contribution in [0.5, 0.6) is 0 Å². The zero-order valence-electron chi connectivity index (χ0n) is 10.6. The van der Waals surface area contributed by atoms with E-state index < -0.39 is 0 Å². The van der Waals surface area contributed by atoms with E-state index in [0.717, 1.165) is 10.2 Å². The molecule has 0 aliphatic heterocycles. The predicted octanol–water partition coefficient (Wildman–Crippen LogP) is 2.25. The van der Waals surface area contributed by atoms with E-state index in [4.69, 9.17) is 0 Å². The third-order valence-corrected chi connectivity index (χ3v) is 4.27. The van der Waals surface area contributed by atoms with E-state index in [1.807, 2.05) is 18.4 Å². The van der Waals surface area contributed by atoms with Crippen molar-refractivity contribution in [2.24, 2.45) is 0 Å². The summed E-state index contributed by atoms with van der Waals surface area (Å²) in [5.74, 6) is -0.167. The number of hydrogen-bond acceptors (Lipinski definition) is 6. The van der Waals surface area contributed by atoms with Crippen LogP contribution >= 0.6 is 23.1 Å². The number of aromatic nitrogens is 4. The number of carbonyl (C=O) groups is 1. The van der Waals surface area contributed by atoms with Gasteiger partial charge in [-0.15, -0.1) is 11.8 Å². The number of hydrogen-bond donors (Lipinski definition) is 1. The number of amides is 1. The molecule has 0 aliphatic rings. The van der Waals surface area contributed by atoms with Gasteiger partial charge in [0.1, 0.15) is 19.2 Å². The number of nitrogens with one attached hydrogen (secondary N) is 1. The minimum atomic E-state index is -0.167. The van der Waals surface area contributed by atoms with Crippen molar-refractivity contribution in [3.05, 3.63) is 30.9 Å². The van der Waals surface area contributed by atoms with Crippen molar-refractivity contribution in [3.63, 3.8) is 0 Å². The maximum atomic E-state index is 11.8. The number of rotatable bonds is 4. The topological polar surface area (TPSA) is 72.7 Å². The Kier molecular flexibility index (Phi) is 3.66. The number of thiazole rings is 1. The molecule has 6 nitrogen and oxygen atoms in total. The van der Waals surface area contributed by atoms with E-state index in [9.17, 15) is 4.79 Å². The lowest BCUT2D eigenvalue weighted by molar-refractivity contribution is -0.116. The van der Waals surface area contributed by atoms with Crippen LogP contribution in [0.1, 0.15) is 0 Å². The van der Waals surface area contributed by atoms with Gasteiger partial charge in [-0.1, -0.05) is 11.3 Å². The molecule has 0 fully saturated rings. The summed E-state index contributed by atoms with van der Waals surface area (Å²) >= 11 is 3.15. The van der Waals surface area contributed by atoms with Crippen LogP contribution in [-0.2, 0) is 11.3 Å². The standard InChI is InChI=1S/C12H11N5OS2/c1-19-8-2-3-9-10(4-8)20-12(15-9)16-11(18)5-17-7-13-6-14-17/h2-4,6-7H,5H2,1H3,(H,15,16,18). The van der Waals surface area contributed by atoms with Gasteiger partial charge in [0.2, 0.25) is 5.91 Å². The molecule has 1 aromatic carbocycles. The lowest BCUT2D eigenvalue weighted by Crippen LogP contribution is -2.18. The minimum Gasteiger partial charge on any atom is -0.300 e. The second kappa shape index (κ2) is 5.59. The molecule has 0 saturated carbocycles. The molecular weight excluding hydrogens is 294 g/mol. The molecule has 102 valence electrons. The molecule has 20 heavy (non-hydrogen) atoms. The lowest BCUT2D eigenvalue weighted by Gasteiger charge is -2.00. The molecule has 0 unspecified atom stereocenters. The number of anilines is 1. The van der Waals surface area contributed by atoms with E-state index in [0.29, 0.717) is 5.13 Å². The molecule has 1 amide bonds. The molecule has 0 spiro atoms. The van der Waals surface area contributed by atoms with E-state index in [1.54, 1.807) is 11.8 Å². The summed E-state index contributed by atoms with van der Waals surface area (Å²) in [4.78, 5) is 21.2. The lowest BCUT2D eigenvalue weighted by atomic mass is 10.3. The van der Waals surface area contributed by atoms with E-state index in [-0.39, 0.29) is 12.5 Å². The maximum absolute atomic E-state index is 11.8. The second-order valence-corrected chi connectivity index (χ2v) is 5.90. The molecular formula is C12H11N5OS2. The summed E-state index contributed by atoms with van der Waals surface area (Å²) in [6, 6.07) is 6.06. The summed E-state index contributed by atoms with van der Waals surface area (Å²) in [6.45, 7) is 0.131. The van der Waals surface area contributed by atoms with Gasteiger partial charge in [0.15, 0.2) is 5.13 Å². The molecule has 2 aromatic heterocycles. The van der Waals surface area contributed by atoms with Gasteiger partial charge in [-0.2, -0.15) is 5.10 Å². The third-order valence-electron chi connectivity index (χ3n) is 2.61. The first-order valence-electron chi connectivity index (χ1n) is 5.81.